The van der Waals surface area contributed by atoms with Crippen LogP contribution in [-0.4, -0.2) is 34.9 Å². The normalized spacial score (nSPS) is 11.1. The molecule has 3 N–H and O–H groups in total. The molecule has 4 rings (SSSR count). The van der Waals surface area contributed by atoms with E-state index in [4.69, 9.17) is 19.9 Å². The van der Waals surface area contributed by atoms with Gasteiger partial charge in [-0.05, 0) is 30.5 Å². The highest BCUT2D eigenvalue weighted by Crippen LogP contribution is 2.38. The van der Waals surface area contributed by atoms with Gasteiger partial charge in [0.25, 0.3) is 5.91 Å². The van der Waals surface area contributed by atoms with Crippen LogP contribution in [0.5, 0.6) is 17.2 Å². The van der Waals surface area contributed by atoms with Crippen molar-refractivity contribution in [2.24, 2.45) is 0 Å². The minimum atomic E-state index is -4.92. The van der Waals surface area contributed by atoms with Gasteiger partial charge in [-0.3, -0.25) is 14.9 Å². The van der Waals surface area contributed by atoms with Crippen LogP contribution in [0.3, 0.4) is 0 Å². The van der Waals surface area contributed by atoms with Gasteiger partial charge in [0.1, 0.15) is 18.2 Å². The number of nitro benzene ring substituents is 1. The van der Waals surface area contributed by atoms with Crippen LogP contribution in [0.4, 0.5) is 35.2 Å². The number of alkyl halides is 3. The third-order valence-electron chi connectivity index (χ3n) is 5.25. The van der Waals surface area contributed by atoms with Crippen LogP contribution in [0.1, 0.15) is 22.8 Å². The van der Waals surface area contributed by atoms with E-state index in [0.29, 0.717) is 15.6 Å². The summed E-state index contributed by atoms with van der Waals surface area (Å²) >= 11 is 1.16. The molecule has 16 heteroatoms. The number of nitro groups is 1. The quantitative estimate of drug-likeness (QED) is 0.133. The number of pyridine rings is 1. The number of ether oxygens (including phenoxy) is 4. The number of rotatable bonds is 9. The van der Waals surface area contributed by atoms with Gasteiger partial charge in [-0.1, -0.05) is 6.07 Å². The molecule has 0 spiro atoms. The number of anilines is 2. The Morgan fingerprint density at radius 3 is 2.66 bits per heavy atom. The first kappa shape index (κ1) is 28.9. The molecule has 2 heterocycles. The van der Waals surface area contributed by atoms with E-state index in [9.17, 15) is 32.9 Å². The van der Waals surface area contributed by atoms with Crippen LogP contribution < -0.4 is 25.3 Å². The zero-order valence-electron chi connectivity index (χ0n) is 20.9. The molecule has 0 radical (unpaired) electrons. The smallest absolute Gasteiger partial charge is 0.482 e. The Morgan fingerprint density at radius 2 is 1.95 bits per heavy atom. The van der Waals surface area contributed by atoms with Crippen LogP contribution in [0.2, 0.25) is 0 Å². The van der Waals surface area contributed by atoms with Crippen LogP contribution >= 0.6 is 11.3 Å². The van der Waals surface area contributed by atoms with Gasteiger partial charge in [-0.15, -0.1) is 24.5 Å². The number of nitrogens with one attached hydrogen (secondary N) is 1. The Bertz CT molecular complexity index is 1630. The average molecular weight is 593 g/mol. The zero-order chi connectivity index (χ0) is 29.7. The van der Waals surface area contributed by atoms with Gasteiger partial charge < -0.3 is 30.0 Å². The van der Waals surface area contributed by atoms with Crippen LogP contribution in [-0.2, 0) is 11.3 Å². The van der Waals surface area contributed by atoms with Crippen molar-refractivity contribution in [2.45, 2.75) is 19.9 Å². The number of nitrogen functional groups attached to an aromatic ring is 1. The van der Waals surface area contributed by atoms with Gasteiger partial charge in [0.05, 0.1) is 22.4 Å². The molecule has 0 saturated heterocycles. The number of aromatic nitrogens is 1. The van der Waals surface area contributed by atoms with Crippen molar-refractivity contribution >= 4 is 50.7 Å². The van der Waals surface area contributed by atoms with E-state index in [1.165, 1.54) is 18.3 Å². The molecule has 0 unspecified atom stereocenters. The van der Waals surface area contributed by atoms with Gasteiger partial charge in [-0.25, -0.2) is 9.78 Å². The summed E-state index contributed by atoms with van der Waals surface area (Å²) in [4.78, 5) is 39.5. The summed E-state index contributed by atoms with van der Waals surface area (Å²) in [6.45, 7) is 1.47. The van der Waals surface area contributed by atoms with Crippen molar-refractivity contribution in [3.8, 4) is 17.2 Å². The van der Waals surface area contributed by atoms with E-state index in [-0.39, 0.29) is 41.8 Å². The molecule has 2 aromatic heterocycles. The van der Waals surface area contributed by atoms with Crippen molar-refractivity contribution in [1.82, 2.24) is 4.98 Å². The summed E-state index contributed by atoms with van der Waals surface area (Å²) in [6.07, 6.45) is -4.60. The molecule has 41 heavy (non-hydrogen) atoms. The predicted octanol–water partition coefficient (Wildman–Crippen LogP) is 6.05. The van der Waals surface area contributed by atoms with Crippen molar-refractivity contribution in [2.75, 3.05) is 17.7 Å². The lowest BCUT2D eigenvalue weighted by atomic mass is 10.1. The second-order valence-corrected chi connectivity index (χ2v) is 8.90. The minimum absolute atomic E-state index is 0.00821. The third-order valence-corrected chi connectivity index (χ3v) is 6.29. The third kappa shape index (κ3) is 7.10. The van der Waals surface area contributed by atoms with Crippen LogP contribution in [0.15, 0.2) is 54.0 Å². The maximum Gasteiger partial charge on any atom is 0.573 e. The van der Waals surface area contributed by atoms with E-state index in [1.54, 1.807) is 12.3 Å². The Morgan fingerprint density at radius 1 is 1.17 bits per heavy atom. The standard InChI is InChI=1S/C25H19F3N4O8S/c1-2-37-24(34)39-19-10-30-22(29)20-14(12-41-21(19)20)11-38-18-8-13(6-7-17(18)32(35)36)23(33)31-15-4-3-5-16(9-15)40-25(26,27)28/h3-10,12H,2,11H2,1H3,(H2,29,30)(H,31,33). The maximum atomic E-state index is 12.8. The number of nitrogens with zero attached hydrogens (tertiary/aromatic N) is 2. The number of halogens is 3. The van der Waals surface area contributed by atoms with E-state index in [2.05, 4.69) is 15.0 Å². The lowest BCUT2D eigenvalue weighted by Gasteiger charge is -2.12. The summed E-state index contributed by atoms with van der Waals surface area (Å²) in [5.74, 6) is -1.39. The van der Waals surface area contributed by atoms with Gasteiger partial charge in [-0.2, -0.15) is 0 Å². The highest BCUT2D eigenvalue weighted by Gasteiger charge is 2.31. The number of hydrogen-bond donors (Lipinski definition) is 2. The van der Waals surface area contributed by atoms with Crippen molar-refractivity contribution in [3.05, 3.63) is 75.3 Å². The maximum absolute atomic E-state index is 12.8. The minimum Gasteiger partial charge on any atom is -0.482 e. The lowest BCUT2D eigenvalue weighted by Crippen LogP contribution is -2.17. The fraction of sp³-hybridized carbons (Fsp3) is 0.160. The lowest BCUT2D eigenvalue weighted by molar-refractivity contribution is -0.385. The number of fused-ring (bicyclic) bond motifs is 1. The highest BCUT2D eigenvalue weighted by atomic mass is 32.1. The van der Waals surface area contributed by atoms with Gasteiger partial charge in [0, 0.05) is 40.4 Å². The number of benzene rings is 2. The van der Waals surface area contributed by atoms with Gasteiger partial charge in [0.2, 0.25) is 0 Å². The number of carbonyl (C=O) groups is 2. The van der Waals surface area contributed by atoms with E-state index in [1.807, 2.05) is 0 Å². The Hall–Kier alpha value is -5.12. The summed E-state index contributed by atoms with van der Waals surface area (Å²) in [6, 6.07) is 7.95. The molecule has 1 amide bonds. The molecule has 2 aromatic carbocycles. The summed E-state index contributed by atoms with van der Waals surface area (Å²) in [5.41, 5.74) is 5.96. The van der Waals surface area contributed by atoms with E-state index >= 15 is 0 Å². The summed E-state index contributed by atoms with van der Waals surface area (Å²) < 4.78 is 57.5. The fourth-order valence-corrected chi connectivity index (χ4v) is 4.58. The SMILES string of the molecule is CCOC(=O)Oc1cnc(N)c2c(COc3cc(C(=O)Nc4cccc(OC(F)(F)F)c4)ccc3[N+](=O)[O-])csc12. The number of hydrogen-bond acceptors (Lipinski definition) is 11. The van der Waals surface area contributed by atoms with E-state index in [0.717, 1.165) is 41.7 Å². The van der Waals surface area contributed by atoms with E-state index < -0.39 is 34.8 Å². The molecule has 0 bridgehead atoms. The van der Waals surface area contributed by atoms with Crippen LogP contribution in [0, 0.1) is 10.1 Å². The number of nitrogens with two attached hydrogens (primary N) is 1. The molecular formula is C25H19F3N4O8S. The van der Waals surface area contributed by atoms with Gasteiger partial charge in [0.15, 0.2) is 11.5 Å². The first-order valence-electron chi connectivity index (χ1n) is 11.5. The Labute approximate surface area is 232 Å². The molecule has 0 aliphatic rings. The molecule has 0 aliphatic carbocycles. The number of amides is 1. The first-order valence-corrected chi connectivity index (χ1v) is 12.4. The molecule has 4 aromatic rings. The largest absolute Gasteiger partial charge is 0.573 e. The second-order valence-electron chi connectivity index (χ2n) is 8.02. The molecule has 214 valence electrons. The topological polar surface area (TPSA) is 165 Å². The number of thiophene rings is 1. The second kappa shape index (κ2) is 12.0. The molecular weight excluding hydrogens is 573 g/mol. The monoisotopic (exact) mass is 592 g/mol. The first-order chi connectivity index (χ1) is 19.4. The van der Waals surface area contributed by atoms with Gasteiger partial charge >= 0.3 is 18.2 Å². The highest BCUT2D eigenvalue weighted by molar-refractivity contribution is 7.17. The number of carbonyl (C=O) groups excluding carboxylic acids is 2. The zero-order valence-corrected chi connectivity index (χ0v) is 21.7. The average Bonchev–Trinajstić information content (AvgIpc) is 3.33. The molecule has 0 saturated carbocycles. The fourth-order valence-electron chi connectivity index (χ4n) is 3.57. The van der Waals surface area contributed by atoms with Crippen molar-refractivity contribution in [1.29, 1.82) is 0 Å². The molecule has 0 atom stereocenters. The molecule has 0 fully saturated rings. The van der Waals surface area contributed by atoms with Crippen LogP contribution in [0.25, 0.3) is 10.1 Å². The Kier molecular flexibility index (Phi) is 8.42. The molecule has 0 aliphatic heterocycles. The van der Waals surface area contributed by atoms with Crippen molar-refractivity contribution < 1.29 is 46.6 Å². The summed E-state index contributed by atoms with van der Waals surface area (Å²) in [7, 11) is 0. The van der Waals surface area contributed by atoms with Crippen molar-refractivity contribution in [3.63, 3.8) is 0 Å². The Balaban J connectivity index is 1.56. The molecule has 12 nitrogen and oxygen atoms in total. The summed E-state index contributed by atoms with van der Waals surface area (Å²) in [5, 5.41) is 16.0. The predicted molar refractivity (Wildman–Crippen MR) is 140 cm³/mol.